The van der Waals surface area contributed by atoms with Gasteiger partial charge in [0.15, 0.2) is 0 Å². The summed E-state index contributed by atoms with van der Waals surface area (Å²) in [5.74, 6) is 2.35. The van der Waals surface area contributed by atoms with Gasteiger partial charge in [0.05, 0.1) is 13.2 Å². The normalized spacial score (nSPS) is 12.5. The molecule has 0 aliphatic heterocycles. The molecule has 3 rings (SSSR count). The molecular formula is C17H22N6O. The van der Waals surface area contributed by atoms with Gasteiger partial charge in [-0.3, -0.25) is 0 Å². The zero-order valence-electron chi connectivity index (χ0n) is 14.4. The average molecular weight is 326 g/mol. The van der Waals surface area contributed by atoms with Gasteiger partial charge in [0.1, 0.15) is 17.9 Å². The number of nitrogens with one attached hydrogen (secondary N) is 1. The molecule has 0 unspecified atom stereocenters. The third kappa shape index (κ3) is 3.16. The monoisotopic (exact) mass is 326 g/mol. The van der Waals surface area contributed by atoms with Gasteiger partial charge in [0.2, 0.25) is 0 Å². The van der Waals surface area contributed by atoms with Gasteiger partial charge in [-0.15, -0.1) is 0 Å². The maximum atomic E-state index is 5.51. The van der Waals surface area contributed by atoms with Crippen LogP contribution >= 0.6 is 0 Å². The van der Waals surface area contributed by atoms with Crippen LogP contribution in [0, 0.1) is 6.92 Å². The summed E-state index contributed by atoms with van der Waals surface area (Å²) < 4.78 is 7.22. The van der Waals surface area contributed by atoms with Crippen LogP contribution in [-0.2, 0) is 0 Å². The largest absolute Gasteiger partial charge is 0.496 e. The highest BCUT2D eigenvalue weighted by molar-refractivity contribution is 5.45. The number of benzene rings is 1. The molecule has 0 amide bonds. The second kappa shape index (κ2) is 6.84. The minimum atomic E-state index is 0.146. The number of nitrogens with zero attached hydrogens (tertiary/aromatic N) is 5. The maximum absolute atomic E-state index is 5.51. The van der Waals surface area contributed by atoms with Crippen molar-refractivity contribution in [2.75, 3.05) is 33.1 Å². The second-order valence-corrected chi connectivity index (χ2v) is 5.86. The molecule has 0 fully saturated rings. The quantitative estimate of drug-likeness (QED) is 0.749. The van der Waals surface area contributed by atoms with Gasteiger partial charge >= 0.3 is 0 Å². The van der Waals surface area contributed by atoms with E-state index in [1.807, 2.05) is 31.2 Å². The van der Waals surface area contributed by atoms with E-state index in [0.29, 0.717) is 12.3 Å². The van der Waals surface area contributed by atoms with Gasteiger partial charge in [-0.2, -0.15) is 14.6 Å². The van der Waals surface area contributed by atoms with E-state index in [2.05, 4.69) is 45.4 Å². The zero-order valence-corrected chi connectivity index (χ0v) is 14.4. The lowest BCUT2D eigenvalue weighted by atomic mass is 10.0. The van der Waals surface area contributed by atoms with Gasteiger partial charge in [-0.25, -0.2) is 4.98 Å². The van der Waals surface area contributed by atoms with Crippen molar-refractivity contribution in [1.82, 2.24) is 24.5 Å². The standard InChI is InChI=1S/C17H22N6O/c1-12-9-16(23-17(21-12)19-11-20-23)18-10-14(22(2)3)13-7-5-6-8-15(13)24-4/h5-9,11,14,18H,10H2,1-4H3/t14-/m0/s1. The molecule has 3 aromatic rings. The Morgan fingerprint density at radius 3 is 2.83 bits per heavy atom. The number of fused-ring (bicyclic) bond motifs is 1. The highest BCUT2D eigenvalue weighted by atomic mass is 16.5. The number of hydrogen-bond donors (Lipinski definition) is 1. The molecule has 1 aromatic carbocycles. The molecule has 0 radical (unpaired) electrons. The SMILES string of the molecule is COc1ccccc1[C@H](CNc1cc(C)nc2ncnn12)N(C)C. The number of para-hydroxylation sites is 1. The van der Waals surface area contributed by atoms with Crippen LogP contribution in [0.15, 0.2) is 36.7 Å². The van der Waals surface area contributed by atoms with E-state index in [1.54, 1.807) is 11.6 Å². The van der Waals surface area contributed by atoms with Crippen molar-refractivity contribution in [3.8, 4) is 5.75 Å². The van der Waals surface area contributed by atoms with E-state index in [1.165, 1.54) is 6.33 Å². The molecule has 1 atom stereocenters. The van der Waals surface area contributed by atoms with Gasteiger partial charge in [-0.05, 0) is 27.1 Å². The van der Waals surface area contributed by atoms with E-state index in [0.717, 1.165) is 22.8 Å². The summed E-state index contributed by atoms with van der Waals surface area (Å²) in [4.78, 5) is 10.7. The van der Waals surface area contributed by atoms with Crippen LogP contribution in [0.25, 0.3) is 5.78 Å². The molecule has 0 saturated heterocycles. The molecule has 7 nitrogen and oxygen atoms in total. The summed E-state index contributed by atoms with van der Waals surface area (Å²) in [5, 5.41) is 7.70. The van der Waals surface area contributed by atoms with Crippen molar-refractivity contribution in [3.05, 3.63) is 47.9 Å². The predicted octanol–water partition coefficient (Wildman–Crippen LogP) is 2.16. The number of hydrogen-bond acceptors (Lipinski definition) is 6. The minimum absolute atomic E-state index is 0.146. The summed E-state index contributed by atoms with van der Waals surface area (Å²) in [6, 6.07) is 10.2. The predicted molar refractivity (Wildman–Crippen MR) is 93.4 cm³/mol. The Labute approximate surface area is 141 Å². The van der Waals surface area contributed by atoms with Crippen LogP contribution in [0.5, 0.6) is 5.75 Å². The number of aryl methyl sites for hydroxylation is 1. The van der Waals surface area contributed by atoms with Gasteiger partial charge in [-0.1, -0.05) is 18.2 Å². The number of likely N-dealkylation sites (N-methyl/N-ethyl adjacent to an activating group) is 1. The van der Waals surface area contributed by atoms with Crippen molar-refractivity contribution in [2.45, 2.75) is 13.0 Å². The van der Waals surface area contributed by atoms with Crippen LogP contribution in [-0.4, -0.2) is 52.2 Å². The van der Waals surface area contributed by atoms with E-state index < -0.39 is 0 Å². The summed E-state index contributed by atoms with van der Waals surface area (Å²) >= 11 is 0. The number of aromatic nitrogens is 4. The first-order valence-electron chi connectivity index (χ1n) is 7.80. The molecule has 1 N–H and O–H groups in total. The van der Waals surface area contributed by atoms with Gasteiger partial charge in [0, 0.05) is 23.9 Å². The molecule has 24 heavy (non-hydrogen) atoms. The summed E-state index contributed by atoms with van der Waals surface area (Å²) in [6.45, 7) is 2.65. The van der Waals surface area contributed by atoms with E-state index in [4.69, 9.17) is 4.74 Å². The Balaban J connectivity index is 1.88. The Morgan fingerprint density at radius 2 is 2.08 bits per heavy atom. The molecule has 0 aliphatic carbocycles. The van der Waals surface area contributed by atoms with Crippen molar-refractivity contribution in [1.29, 1.82) is 0 Å². The first-order valence-corrected chi connectivity index (χ1v) is 7.80. The Hall–Kier alpha value is -2.67. The Bertz CT molecular complexity index is 829. The third-order valence-electron chi connectivity index (χ3n) is 3.98. The molecule has 7 heteroatoms. The molecule has 2 heterocycles. The molecule has 0 bridgehead atoms. The number of methoxy groups -OCH3 is 1. The number of anilines is 1. The lowest BCUT2D eigenvalue weighted by Gasteiger charge is -2.27. The topological polar surface area (TPSA) is 67.6 Å². The first-order chi connectivity index (χ1) is 11.6. The highest BCUT2D eigenvalue weighted by Crippen LogP contribution is 2.28. The second-order valence-electron chi connectivity index (χ2n) is 5.86. The summed E-state index contributed by atoms with van der Waals surface area (Å²) in [7, 11) is 5.81. The fraction of sp³-hybridized carbons (Fsp3) is 0.353. The lowest BCUT2D eigenvalue weighted by Crippen LogP contribution is -2.28. The smallest absolute Gasteiger partial charge is 0.254 e. The first kappa shape index (κ1) is 16.2. The molecule has 0 saturated carbocycles. The summed E-state index contributed by atoms with van der Waals surface area (Å²) in [5.41, 5.74) is 2.04. The van der Waals surface area contributed by atoms with Crippen LogP contribution in [0.1, 0.15) is 17.3 Å². The molecule has 0 aliphatic rings. The van der Waals surface area contributed by atoms with E-state index in [-0.39, 0.29) is 6.04 Å². The van der Waals surface area contributed by atoms with Crippen molar-refractivity contribution >= 4 is 11.6 Å². The molecule has 0 spiro atoms. The fourth-order valence-corrected chi connectivity index (χ4v) is 2.77. The maximum Gasteiger partial charge on any atom is 0.254 e. The highest BCUT2D eigenvalue weighted by Gasteiger charge is 2.18. The molecule has 126 valence electrons. The summed E-state index contributed by atoms with van der Waals surface area (Å²) in [6.07, 6.45) is 1.51. The van der Waals surface area contributed by atoms with Gasteiger partial charge < -0.3 is 15.0 Å². The van der Waals surface area contributed by atoms with E-state index in [9.17, 15) is 0 Å². The molecule has 2 aromatic heterocycles. The Kier molecular flexibility index (Phi) is 4.61. The average Bonchev–Trinajstić information content (AvgIpc) is 3.03. The third-order valence-corrected chi connectivity index (χ3v) is 3.98. The molecular weight excluding hydrogens is 304 g/mol. The van der Waals surface area contributed by atoms with Crippen molar-refractivity contribution in [3.63, 3.8) is 0 Å². The van der Waals surface area contributed by atoms with E-state index >= 15 is 0 Å². The van der Waals surface area contributed by atoms with Crippen LogP contribution in [0.4, 0.5) is 5.82 Å². The zero-order chi connectivity index (χ0) is 17.1. The fourth-order valence-electron chi connectivity index (χ4n) is 2.77. The Morgan fingerprint density at radius 1 is 1.29 bits per heavy atom. The van der Waals surface area contributed by atoms with Crippen LogP contribution in [0.2, 0.25) is 0 Å². The van der Waals surface area contributed by atoms with Crippen LogP contribution in [0.3, 0.4) is 0 Å². The van der Waals surface area contributed by atoms with Gasteiger partial charge in [0.25, 0.3) is 5.78 Å². The van der Waals surface area contributed by atoms with Crippen LogP contribution < -0.4 is 10.1 Å². The minimum Gasteiger partial charge on any atom is -0.496 e. The lowest BCUT2D eigenvalue weighted by molar-refractivity contribution is 0.299. The van der Waals surface area contributed by atoms with Crippen molar-refractivity contribution in [2.24, 2.45) is 0 Å². The van der Waals surface area contributed by atoms with Crippen molar-refractivity contribution < 1.29 is 4.74 Å². The number of ether oxygens (including phenoxy) is 1. The number of rotatable bonds is 6.